The van der Waals surface area contributed by atoms with Crippen molar-refractivity contribution in [2.24, 2.45) is 0 Å². The lowest BCUT2D eigenvalue weighted by molar-refractivity contribution is 0.477. The van der Waals surface area contributed by atoms with Crippen LogP contribution in [0.15, 0.2) is 216 Å². The molecule has 60 heavy (non-hydrogen) atoms. The van der Waals surface area contributed by atoms with Crippen LogP contribution in [0.3, 0.4) is 0 Å². The summed E-state index contributed by atoms with van der Waals surface area (Å²) >= 11 is 1.84. The smallest absolute Gasteiger partial charge is 0.153 e. The Morgan fingerprint density at radius 2 is 0.900 bits per heavy atom. The molecule has 2 aliphatic rings. The summed E-state index contributed by atoms with van der Waals surface area (Å²) in [6.45, 7) is 0. The topological polar surface area (TPSA) is 25.6 Å². The summed E-state index contributed by atoms with van der Waals surface area (Å²) in [4.78, 5) is 7.14. The van der Waals surface area contributed by atoms with E-state index < -0.39 is 0 Å². The molecule has 0 amide bonds. The van der Waals surface area contributed by atoms with E-state index in [-0.39, 0.29) is 0 Å². The van der Waals surface area contributed by atoms with Crippen molar-refractivity contribution in [3.8, 4) is 22.9 Å². The van der Waals surface area contributed by atoms with E-state index in [1.807, 2.05) is 23.9 Å². The van der Waals surface area contributed by atoms with E-state index in [4.69, 9.17) is 4.74 Å². The minimum Gasteiger partial charge on any atom is -0.453 e. The fraction of sp³-hybridized carbons (Fsp3) is 0. The van der Waals surface area contributed by atoms with Crippen LogP contribution < -0.4 is 14.5 Å². The van der Waals surface area contributed by atoms with Crippen LogP contribution in [0.5, 0.6) is 11.5 Å². The Bertz CT molecular complexity index is 3520. The second-order valence-electron chi connectivity index (χ2n) is 15.3. The quantitative estimate of drug-likeness (QED) is 0.177. The van der Waals surface area contributed by atoms with Crippen molar-refractivity contribution >= 4 is 89.5 Å². The molecular formula is C54H34N4OS. The second-order valence-corrected chi connectivity index (χ2v) is 16.4. The molecule has 0 atom stereocenters. The van der Waals surface area contributed by atoms with Crippen LogP contribution in [0.25, 0.3) is 55.0 Å². The zero-order valence-electron chi connectivity index (χ0n) is 32.2. The van der Waals surface area contributed by atoms with E-state index in [2.05, 4.69) is 213 Å². The van der Waals surface area contributed by atoms with Gasteiger partial charge in [-0.1, -0.05) is 115 Å². The minimum absolute atomic E-state index is 0.814. The van der Waals surface area contributed by atoms with Crippen molar-refractivity contribution < 1.29 is 4.74 Å². The van der Waals surface area contributed by atoms with Crippen molar-refractivity contribution in [3.05, 3.63) is 206 Å². The maximum Gasteiger partial charge on any atom is 0.153 e. The van der Waals surface area contributed by atoms with E-state index in [0.717, 1.165) is 56.7 Å². The average molecular weight is 787 g/mol. The highest BCUT2D eigenvalue weighted by Crippen LogP contribution is 2.54. The summed E-state index contributed by atoms with van der Waals surface area (Å²) in [6, 6.07) is 74.1. The fourth-order valence-corrected chi connectivity index (χ4v) is 10.6. The summed E-state index contributed by atoms with van der Waals surface area (Å²) in [5, 5.41) is 4.88. The first-order valence-corrected chi connectivity index (χ1v) is 21.1. The lowest BCUT2D eigenvalue weighted by Gasteiger charge is -2.33. The Morgan fingerprint density at radius 3 is 1.68 bits per heavy atom. The molecule has 0 spiro atoms. The maximum atomic E-state index is 6.72. The van der Waals surface area contributed by atoms with E-state index in [1.54, 1.807) is 0 Å². The van der Waals surface area contributed by atoms with Gasteiger partial charge in [0, 0.05) is 54.5 Å². The van der Waals surface area contributed by atoms with Crippen LogP contribution in [-0.4, -0.2) is 9.13 Å². The van der Waals surface area contributed by atoms with Crippen LogP contribution in [0, 0.1) is 0 Å². The van der Waals surface area contributed by atoms with Crippen LogP contribution in [-0.2, 0) is 0 Å². The van der Waals surface area contributed by atoms with Gasteiger partial charge in [-0.3, -0.25) is 0 Å². The van der Waals surface area contributed by atoms with Gasteiger partial charge in [0.05, 0.1) is 50.5 Å². The lowest BCUT2D eigenvalue weighted by Crippen LogP contribution is -2.15. The third-order valence-corrected chi connectivity index (χ3v) is 13.1. The third-order valence-electron chi connectivity index (χ3n) is 12.0. The molecule has 2 aromatic heterocycles. The number of para-hydroxylation sites is 7. The Labute approximate surface area is 350 Å². The van der Waals surface area contributed by atoms with Crippen molar-refractivity contribution in [1.29, 1.82) is 0 Å². The van der Waals surface area contributed by atoms with Crippen molar-refractivity contribution in [2.75, 3.05) is 9.80 Å². The van der Waals surface area contributed by atoms with E-state index >= 15 is 0 Å². The monoisotopic (exact) mass is 786 g/mol. The Hall–Kier alpha value is -7.67. The third kappa shape index (κ3) is 4.82. The number of benzene rings is 9. The molecule has 5 nitrogen and oxygen atoms in total. The zero-order chi connectivity index (χ0) is 39.3. The van der Waals surface area contributed by atoms with Gasteiger partial charge >= 0.3 is 0 Å². The van der Waals surface area contributed by atoms with Crippen molar-refractivity contribution in [1.82, 2.24) is 9.13 Å². The van der Waals surface area contributed by atoms with Crippen molar-refractivity contribution in [2.45, 2.75) is 9.79 Å². The Kier molecular flexibility index (Phi) is 7.17. The molecule has 9 aromatic carbocycles. The maximum absolute atomic E-state index is 6.72. The fourth-order valence-electron chi connectivity index (χ4n) is 9.54. The van der Waals surface area contributed by atoms with Gasteiger partial charge in [0.1, 0.15) is 0 Å². The summed E-state index contributed by atoms with van der Waals surface area (Å²) in [7, 11) is 0. The van der Waals surface area contributed by atoms with E-state index in [0.29, 0.717) is 0 Å². The summed E-state index contributed by atoms with van der Waals surface area (Å²) in [5.41, 5.74) is 13.5. The summed E-state index contributed by atoms with van der Waals surface area (Å²) in [6.07, 6.45) is 0. The Balaban J connectivity index is 1.04. The molecule has 13 rings (SSSR count). The molecule has 0 unspecified atom stereocenters. The molecule has 4 heterocycles. The molecule has 0 bridgehead atoms. The van der Waals surface area contributed by atoms with Gasteiger partial charge in [0.25, 0.3) is 0 Å². The zero-order valence-corrected chi connectivity index (χ0v) is 33.1. The predicted molar refractivity (Wildman–Crippen MR) is 249 cm³/mol. The van der Waals surface area contributed by atoms with Crippen LogP contribution >= 0.6 is 11.8 Å². The number of aromatic nitrogens is 2. The van der Waals surface area contributed by atoms with Gasteiger partial charge in [0.15, 0.2) is 11.5 Å². The predicted octanol–water partition coefficient (Wildman–Crippen LogP) is 15.4. The minimum atomic E-state index is 0.814. The molecule has 0 aliphatic carbocycles. The first kappa shape index (κ1) is 33.3. The highest BCUT2D eigenvalue weighted by atomic mass is 32.2. The summed E-state index contributed by atoms with van der Waals surface area (Å²) in [5.74, 6) is 1.65. The number of fused-ring (bicyclic) bond motifs is 11. The van der Waals surface area contributed by atoms with Crippen LogP contribution in [0.4, 0.5) is 34.1 Å². The summed E-state index contributed by atoms with van der Waals surface area (Å²) < 4.78 is 11.6. The first-order valence-electron chi connectivity index (χ1n) is 20.3. The van der Waals surface area contributed by atoms with E-state index in [9.17, 15) is 0 Å². The van der Waals surface area contributed by atoms with Crippen LogP contribution in [0.1, 0.15) is 0 Å². The number of hydrogen-bond acceptors (Lipinski definition) is 4. The normalized spacial score (nSPS) is 13.0. The first-order chi connectivity index (χ1) is 29.8. The van der Waals surface area contributed by atoms with Crippen LogP contribution in [0.2, 0.25) is 0 Å². The molecule has 0 saturated heterocycles. The molecule has 11 aromatic rings. The average Bonchev–Trinajstić information content (AvgIpc) is 3.83. The SMILES string of the molecule is c1ccc(N2c3ccccc3Oc3cc(-n4c5ccccc5c5c4ccc4c6ccccc6n(-c6ccc7c(c6)Sc6ccccc6N7c6ccccc6)c45)ccc32)cc1. The number of ether oxygens (including phenoxy) is 1. The molecule has 0 N–H and O–H groups in total. The van der Waals surface area contributed by atoms with Gasteiger partial charge in [0.2, 0.25) is 0 Å². The van der Waals surface area contributed by atoms with Gasteiger partial charge in [-0.2, -0.15) is 0 Å². The molecule has 2 aliphatic heterocycles. The lowest BCUT2D eigenvalue weighted by atomic mass is 10.1. The van der Waals surface area contributed by atoms with Crippen molar-refractivity contribution in [3.63, 3.8) is 0 Å². The molecular weight excluding hydrogens is 753 g/mol. The number of nitrogens with zero attached hydrogens (tertiary/aromatic N) is 4. The molecule has 0 radical (unpaired) electrons. The van der Waals surface area contributed by atoms with Gasteiger partial charge in [-0.05, 0) is 97.1 Å². The molecule has 0 fully saturated rings. The van der Waals surface area contributed by atoms with Gasteiger partial charge in [-0.15, -0.1) is 0 Å². The number of rotatable bonds is 4. The Morgan fingerprint density at radius 1 is 0.333 bits per heavy atom. The highest BCUT2D eigenvalue weighted by Gasteiger charge is 2.29. The largest absolute Gasteiger partial charge is 0.453 e. The number of hydrogen-bond donors (Lipinski definition) is 0. The molecule has 6 heteroatoms. The highest BCUT2D eigenvalue weighted by molar-refractivity contribution is 7.99. The number of anilines is 6. The van der Waals surface area contributed by atoms with Gasteiger partial charge < -0.3 is 23.7 Å². The van der Waals surface area contributed by atoms with E-state index in [1.165, 1.54) is 53.7 Å². The molecule has 0 saturated carbocycles. The molecule has 282 valence electrons. The van der Waals surface area contributed by atoms with Gasteiger partial charge in [-0.25, -0.2) is 0 Å². The standard InChI is InChI=1S/C54H34N4OS/c1-3-15-35(16-4-1)55-44-23-11-13-25-49(44)59-50-33-37(27-30-45(50)55)57-43-22-10-8-20-41(43)53-48(57)32-29-40-39-19-7-9-21-42(39)58(54(40)53)38-28-31-47-52(34-38)60-51-26-14-12-24-46(51)56(47)36-17-5-2-6-18-36/h1-34H. The second kappa shape index (κ2) is 12.9.